The molecular weight excluding hydrogens is 549 g/mol. The van der Waals surface area contributed by atoms with Crippen LogP contribution in [0.4, 0.5) is 0 Å². The van der Waals surface area contributed by atoms with E-state index in [9.17, 15) is 0 Å². The highest BCUT2D eigenvalue weighted by Crippen LogP contribution is 2.43. The van der Waals surface area contributed by atoms with Gasteiger partial charge in [-0.05, 0) is 17.7 Å². The summed E-state index contributed by atoms with van der Waals surface area (Å²) >= 11 is 14.0. The fourth-order valence-corrected chi connectivity index (χ4v) is 5.16. The van der Waals surface area contributed by atoms with Gasteiger partial charge in [-0.15, -0.1) is 0 Å². The van der Waals surface area contributed by atoms with Crippen LogP contribution in [0.2, 0.25) is 10.0 Å². The largest absolute Gasteiger partial charge is 0.496 e. The van der Waals surface area contributed by atoms with Crippen LogP contribution in [0.25, 0.3) is 33.5 Å². The summed E-state index contributed by atoms with van der Waals surface area (Å²) in [5.41, 5.74) is 6.67. The van der Waals surface area contributed by atoms with Crippen LogP contribution in [0.1, 0.15) is 11.1 Å². The molecule has 4 aromatic rings. The van der Waals surface area contributed by atoms with Crippen LogP contribution in [0, 0.1) is 0 Å². The normalized spacial score (nSPS) is 11.1. The van der Waals surface area contributed by atoms with Gasteiger partial charge in [-0.3, -0.25) is 0 Å². The van der Waals surface area contributed by atoms with E-state index in [0.717, 1.165) is 44.7 Å². The first kappa shape index (κ1) is 29.8. The van der Waals surface area contributed by atoms with E-state index < -0.39 is 0 Å². The molecule has 0 radical (unpaired) electrons. The Balaban J connectivity index is 1.69. The lowest BCUT2D eigenvalue weighted by Crippen LogP contribution is -2.18. The van der Waals surface area contributed by atoms with Gasteiger partial charge in [0.2, 0.25) is 5.88 Å². The molecule has 40 heavy (non-hydrogen) atoms. The van der Waals surface area contributed by atoms with Gasteiger partial charge in [0, 0.05) is 59.6 Å². The van der Waals surface area contributed by atoms with Crippen LogP contribution >= 0.6 is 23.2 Å². The summed E-state index contributed by atoms with van der Waals surface area (Å²) in [4.78, 5) is 4.70. The van der Waals surface area contributed by atoms with Crippen molar-refractivity contribution >= 4 is 23.2 Å². The summed E-state index contributed by atoms with van der Waals surface area (Å²) < 4.78 is 11.2. The lowest BCUT2D eigenvalue weighted by atomic mass is 9.96. The predicted molar refractivity (Wildman–Crippen MR) is 161 cm³/mol. The lowest BCUT2D eigenvalue weighted by molar-refractivity contribution is 0.291. The van der Waals surface area contributed by atoms with E-state index in [2.05, 4.69) is 10.6 Å². The molecule has 0 aliphatic carbocycles. The topological polar surface area (TPSA) is 95.9 Å². The summed E-state index contributed by atoms with van der Waals surface area (Å²) in [7, 11) is 3.22. The van der Waals surface area contributed by atoms with Crippen LogP contribution in [-0.2, 0) is 13.1 Å². The van der Waals surface area contributed by atoms with Crippen LogP contribution in [0.5, 0.6) is 11.6 Å². The molecule has 0 saturated heterocycles. The molecule has 1 heterocycles. The number of hydrogen-bond donors (Lipinski definition) is 4. The van der Waals surface area contributed by atoms with Crippen molar-refractivity contribution in [3.8, 4) is 45.1 Å². The second-order valence-electron chi connectivity index (χ2n) is 9.03. The minimum Gasteiger partial charge on any atom is -0.496 e. The number of ether oxygens (including phenoxy) is 2. The molecule has 0 aliphatic heterocycles. The van der Waals surface area contributed by atoms with Crippen molar-refractivity contribution in [3.05, 3.63) is 87.9 Å². The number of aliphatic hydroxyl groups excluding tert-OH is 2. The van der Waals surface area contributed by atoms with Crippen LogP contribution in [-0.4, -0.2) is 55.7 Å². The van der Waals surface area contributed by atoms with Gasteiger partial charge in [-0.2, -0.15) is 0 Å². The quantitative estimate of drug-likeness (QED) is 0.153. The van der Waals surface area contributed by atoms with Crippen molar-refractivity contribution in [2.24, 2.45) is 0 Å². The van der Waals surface area contributed by atoms with Crippen molar-refractivity contribution in [1.82, 2.24) is 15.6 Å². The smallest absolute Gasteiger partial charge is 0.218 e. The Labute approximate surface area is 244 Å². The molecule has 0 aliphatic rings. The Morgan fingerprint density at radius 1 is 0.700 bits per heavy atom. The number of pyridine rings is 1. The van der Waals surface area contributed by atoms with Gasteiger partial charge in [0.15, 0.2) is 0 Å². The maximum atomic E-state index is 9.05. The number of methoxy groups -OCH3 is 2. The molecule has 0 fully saturated rings. The Morgan fingerprint density at radius 3 is 1.90 bits per heavy atom. The molecule has 3 aromatic carbocycles. The summed E-state index contributed by atoms with van der Waals surface area (Å²) in [5, 5.41) is 25.5. The minimum absolute atomic E-state index is 0.0573. The highest BCUT2D eigenvalue weighted by atomic mass is 35.5. The number of nitrogens with one attached hydrogen (secondary N) is 2. The van der Waals surface area contributed by atoms with Crippen molar-refractivity contribution < 1.29 is 19.7 Å². The molecule has 9 heteroatoms. The van der Waals surface area contributed by atoms with E-state index in [4.69, 9.17) is 47.9 Å². The maximum absolute atomic E-state index is 9.05. The van der Waals surface area contributed by atoms with Crippen molar-refractivity contribution in [1.29, 1.82) is 0 Å². The molecule has 0 atom stereocenters. The average molecular weight is 583 g/mol. The predicted octanol–water partition coefficient (Wildman–Crippen LogP) is 5.57. The number of rotatable bonds is 13. The first-order valence-corrected chi connectivity index (χ1v) is 13.7. The molecular formula is C31H33Cl2N3O4. The summed E-state index contributed by atoms with van der Waals surface area (Å²) in [6, 6.07) is 21.5. The van der Waals surface area contributed by atoms with Crippen molar-refractivity contribution in [3.63, 3.8) is 0 Å². The molecule has 7 nitrogen and oxygen atoms in total. The van der Waals surface area contributed by atoms with Crippen LogP contribution in [0.3, 0.4) is 0 Å². The Kier molecular flexibility index (Phi) is 10.8. The third-order valence-electron chi connectivity index (χ3n) is 6.50. The molecule has 0 saturated carbocycles. The zero-order chi connectivity index (χ0) is 28.5. The second-order valence-corrected chi connectivity index (χ2v) is 9.78. The number of halogens is 2. The molecule has 0 unspecified atom stereocenters. The fraction of sp³-hybridized carbons (Fsp3) is 0.258. The third-order valence-corrected chi connectivity index (χ3v) is 7.32. The van der Waals surface area contributed by atoms with Gasteiger partial charge in [-0.25, -0.2) is 4.98 Å². The zero-order valence-corrected chi connectivity index (χ0v) is 24.0. The molecule has 4 N–H and O–H groups in total. The lowest BCUT2D eigenvalue weighted by Gasteiger charge is -2.16. The third kappa shape index (κ3) is 6.75. The highest BCUT2D eigenvalue weighted by molar-refractivity contribution is 6.39. The van der Waals surface area contributed by atoms with Crippen LogP contribution < -0.4 is 20.1 Å². The van der Waals surface area contributed by atoms with Crippen LogP contribution in [0.15, 0.2) is 66.7 Å². The van der Waals surface area contributed by atoms with Gasteiger partial charge in [0.1, 0.15) is 5.75 Å². The second kappa shape index (κ2) is 14.5. The summed E-state index contributed by atoms with van der Waals surface area (Å²) in [6.07, 6.45) is 0. The monoisotopic (exact) mass is 581 g/mol. The molecule has 4 rings (SSSR count). The van der Waals surface area contributed by atoms with Crippen molar-refractivity contribution in [2.45, 2.75) is 13.1 Å². The van der Waals surface area contributed by atoms with Gasteiger partial charge >= 0.3 is 0 Å². The molecule has 0 bridgehead atoms. The SMILES string of the molecule is COc1cc(-c2cccc(-c3cccc(-c4ccc(CNCCO)c(OC)n4)c3Cl)c2Cl)ccc1CNCCO. The maximum Gasteiger partial charge on any atom is 0.218 e. The zero-order valence-electron chi connectivity index (χ0n) is 22.5. The van der Waals surface area contributed by atoms with E-state index in [-0.39, 0.29) is 13.2 Å². The summed E-state index contributed by atoms with van der Waals surface area (Å²) in [6.45, 7) is 2.23. The summed E-state index contributed by atoms with van der Waals surface area (Å²) in [5.74, 6) is 1.23. The highest BCUT2D eigenvalue weighted by Gasteiger charge is 2.18. The first-order valence-electron chi connectivity index (χ1n) is 12.9. The number of aliphatic hydroxyl groups is 2. The average Bonchev–Trinajstić information content (AvgIpc) is 2.98. The van der Waals surface area contributed by atoms with Crippen molar-refractivity contribution in [2.75, 3.05) is 40.5 Å². The van der Waals surface area contributed by atoms with E-state index in [1.165, 1.54) is 0 Å². The van der Waals surface area contributed by atoms with E-state index >= 15 is 0 Å². The molecule has 0 spiro atoms. The van der Waals surface area contributed by atoms with Gasteiger partial charge in [0.05, 0.1) is 43.2 Å². The van der Waals surface area contributed by atoms with E-state index in [1.54, 1.807) is 14.2 Å². The van der Waals surface area contributed by atoms with Gasteiger partial charge < -0.3 is 30.3 Å². The first-order chi connectivity index (χ1) is 19.5. The molecule has 0 amide bonds. The number of hydrogen-bond acceptors (Lipinski definition) is 7. The number of aromatic nitrogens is 1. The standard InChI is InChI=1S/C31H33Cl2N3O4/c1-39-28-17-20(9-10-21(28)18-34-13-15-37)23-5-3-6-24(29(23)32)25-7-4-8-26(30(25)33)27-12-11-22(19-35-14-16-38)31(36-27)40-2/h3-12,17,34-35,37-38H,13-16,18-19H2,1-2H3. The fourth-order valence-electron chi connectivity index (χ4n) is 4.49. The van der Waals surface area contributed by atoms with Gasteiger partial charge in [0.25, 0.3) is 0 Å². The van der Waals surface area contributed by atoms with E-state index in [0.29, 0.717) is 47.8 Å². The number of nitrogens with zero attached hydrogens (tertiary/aromatic N) is 1. The Hall–Kier alpha value is -3.17. The van der Waals surface area contributed by atoms with Gasteiger partial charge in [-0.1, -0.05) is 77.8 Å². The molecule has 1 aromatic heterocycles. The van der Waals surface area contributed by atoms with E-state index in [1.807, 2.05) is 66.7 Å². The number of benzene rings is 3. The molecule has 210 valence electrons. The Bertz CT molecular complexity index is 1340. The Morgan fingerprint density at radius 2 is 1.27 bits per heavy atom. The minimum atomic E-state index is 0.0573.